The van der Waals surface area contributed by atoms with E-state index >= 15 is 0 Å². The number of nitrogens with zero attached hydrogens (tertiary/aromatic N) is 1. The highest BCUT2D eigenvalue weighted by Gasteiger charge is 2.24. The number of aliphatic imine (C=N–C) groups is 1. The smallest absolute Gasteiger partial charge is 0.344 e. The Kier molecular flexibility index (Phi) is 5.02. The Labute approximate surface area is 185 Å². The van der Waals surface area contributed by atoms with Gasteiger partial charge in [0.25, 0.3) is 0 Å². The molecule has 0 amide bonds. The molecule has 0 aliphatic carbocycles. The minimum absolute atomic E-state index is 0.202. The van der Waals surface area contributed by atoms with Gasteiger partial charge in [0.05, 0.1) is 10.9 Å². The Morgan fingerprint density at radius 1 is 0.969 bits per heavy atom. The molecular formula is C27H23NO4. The van der Waals surface area contributed by atoms with Gasteiger partial charge in [-0.3, -0.25) is 0 Å². The molecule has 2 heterocycles. The van der Waals surface area contributed by atoms with E-state index in [0.717, 1.165) is 21.9 Å². The molecule has 0 unspecified atom stereocenters. The Bertz CT molecular complexity index is 1410. The summed E-state index contributed by atoms with van der Waals surface area (Å²) in [6.45, 7) is 5.07. The summed E-state index contributed by atoms with van der Waals surface area (Å²) in [6, 6.07) is 21.3. The Balaban J connectivity index is 1.44. The topological polar surface area (TPSA) is 61.0 Å². The summed E-state index contributed by atoms with van der Waals surface area (Å²) in [5, 5.41) is 2.25. The summed E-state index contributed by atoms with van der Waals surface area (Å²) in [7, 11) is 0. The summed E-state index contributed by atoms with van der Waals surface area (Å²) < 4.78 is 17.1. The third-order valence-electron chi connectivity index (χ3n) is 5.36. The van der Waals surface area contributed by atoms with Crippen molar-refractivity contribution in [2.24, 2.45) is 4.99 Å². The maximum atomic E-state index is 12.7. The predicted octanol–water partition coefficient (Wildman–Crippen LogP) is 5.75. The predicted molar refractivity (Wildman–Crippen MR) is 127 cm³/mol. The van der Waals surface area contributed by atoms with Gasteiger partial charge in [-0.05, 0) is 54.6 Å². The third-order valence-corrected chi connectivity index (χ3v) is 5.36. The van der Waals surface area contributed by atoms with Gasteiger partial charge in [0.2, 0.25) is 5.90 Å². The van der Waals surface area contributed by atoms with E-state index in [0.29, 0.717) is 35.8 Å². The van der Waals surface area contributed by atoms with Gasteiger partial charge in [0, 0.05) is 17.5 Å². The van der Waals surface area contributed by atoms with Crippen molar-refractivity contribution < 1.29 is 13.9 Å². The van der Waals surface area contributed by atoms with Gasteiger partial charge < -0.3 is 13.9 Å². The monoisotopic (exact) mass is 425 g/mol. The molecular weight excluding hydrogens is 402 g/mol. The SMILES string of the molecule is CC1(C)COC(/C=C/c2ccc3c(c2)c(=O)oc2cc(OCc4ccccc4)ccc23)=N1. The Morgan fingerprint density at radius 2 is 1.78 bits per heavy atom. The first kappa shape index (κ1) is 20.1. The average Bonchev–Trinajstić information content (AvgIpc) is 3.15. The van der Waals surface area contributed by atoms with Crippen LogP contribution in [0.25, 0.3) is 27.8 Å². The van der Waals surface area contributed by atoms with Crippen LogP contribution < -0.4 is 10.4 Å². The number of benzene rings is 3. The lowest BCUT2D eigenvalue weighted by Crippen LogP contribution is -2.17. The second-order valence-electron chi connectivity index (χ2n) is 8.51. The van der Waals surface area contributed by atoms with Gasteiger partial charge >= 0.3 is 5.63 Å². The zero-order valence-corrected chi connectivity index (χ0v) is 18.0. The molecule has 0 bridgehead atoms. The molecule has 1 aliphatic rings. The third kappa shape index (κ3) is 4.14. The van der Waals surface area contributed by atoms with Gasteiger partial charge in [-0.15, -0.1) is 0 Å². The highest BCUT2D eigenvalue weighted by Crippen LogP contribution is 2.28. The molecule has 0 atom stereocenters. The van der Waals surface area contributed by atoms with Gasteiger partial charge in [-0.2, -0.15) is 0 Å². The van der Waals surface area contributed by atoms with Crippen molar-refractivity contribution in [1.29, 1.82) is 0 Å². The van der Waals surface area contributed by atoms with E-state index in [1.54, 1.807) is 6.07 Å². The minimum Gasteiger partial charge on any atom is -0.489 e. The summed E-state index contributed by atoms with van der Waals surface area (Å²) in [4.78, 5) is 17.2. The summed E-state index contributed by atoms with van der Waals surface area (Å²) in [5.41, 5.74) is 1.88. The second-order valence-corrected chi connectivity index (χ2v) is 8.51. The lowest BCUT2D eigenvalue weighted by molar-refractivity contribution is 0.280. The molecule has 0 radical (unpaired) electrons. The van der Waals surface area contributed by atoms with Crippen LogP contribution in [0.2, 0.25) is 0 Å². The largest absolute Gasteiger partial charge is 0.489 e. The lowest BCUT2D eigenvalue weighted by Gasteiger charge is -2.08. The molecule has 5 rings (SSSR count). The summed E-state index contributed by atoms with van der Waals surface area (Å²) >= 11 is 0. The maximum Gasteiger partial charge on any atom is 0.344 e. The molecule has 4 aromatic rings. The van der Waals surface area contributed by atoms with Gasteiger partial charge in [0.1, 0.15) is 24.5 Å². The summed E-state index contributed by atoms with van der Waals surface area (Å²) in [5.74, 6) is 1.26. The fourth-order valence-corrected chi connectivity index (χ4v) is 3.73. The average molecular weight is 425 g/mol. The minimum atomic E-state index is -0.376. The number of ether oxygens (including phenoxy) is 2. The van der Waals surface area contributed by atoms with Gasteiger partial charge in [-0.25, -0.2) is 9.79 Å². The van der Waals surface area contributed by atoms with Crippen LogP contribution in [0, 0.1) is 0 Å². The van der Waals surface area contributed by atoms with E-state index in [-0.39, 0.29) is 11.2 Å². The van der Waals surface area contributed by atoms with Crippen molar-refractivity contribution in [1.82, 2.24) is 0 Å². The molecule has 32 heavy (non-hydrogen) atoms. The van der Waals surface area contributed by atoms with Crippen LogP contribution in [0.4, 0.5) is 0 Å². The number of rotatable bonds is 5. The zero-order valence-electron chi connectivity index (χ0n) is 18.0. The molecule has 160 valence electrons. The van der Waals surface area contributed by atoms with Crippen molar-refractivity contribution >= 4 is 33.7 Å². The van der Waals surface area contributed by atoms with E-state index in [4.69, 9.17) is 13.9 Å². The number of fused-ring (bicyclic) bond motifs is 3. The first-order valence-corrected chi connectivity index (χ1v) is 10.5. The number of hydrogen-bond donors (Lipinski definition) is 0. The molecule has 0 spiro atoms. The molecule has 1 aromatic heterocycles. The highest BCUT2D eigenvalue weighted by molar-refractivity contribution is 6.05. The van der Waals surface area contributed by atoms with Crippen molar-refractivity contribution in [3.63, 3.8) is 0 Å². The molecule has 0 saturated carbocycles. The second kappa shape index (κ2) is 8.00. The molecule has 1 aliphatic heterocycles. The lowest BCUT2D eigenvalue weighted by atomic mass is 10.0. The van der Waals surface area contributed by atoms with Gasteiger partial charge in [0.15, 0.2) is 0 Å². The fraction of sp³-hybridized carbons (Fsp3) is 0.185. The quantitative estimate of drug-likeness (QED) is 0.302. The normalized spacial score (nSPS) is 15.2. The van der Waals surface area contributed by atoms with Crippen LogP contribution in [-0.2, 0) is 11.3 Å². The van der Waals surface area contributed by atoms with Crippen LogP contribution in [0.15, 0.2) is 87.0 Å². The van der Waals surface area contributed by atoms with Crippen LogP contribution in [-0.4, -0.2) is 18.0 Å². The van der Waals surface area contributed by atoms with Crippen molar-refractivity contribution in [2.75, 3.05) is 6.61 Å². The zero-order chi connectivity index (χ0) is 22.1. The molecule has 0 fully saturated rings. The summed E-state index contributed by atoms with van der Waals surface area (Å²) in [6.07, 6.45) is 3.72. The first-order chi connectivity index (χ1) is 15.5. The highest BCUT2D eigenvalue weighted by atomic mass is 16.5. The van der Waals surface area contributed by atoms with Crippen molar-refractivity contribution in [3.05, 3.63) is 94.4 Å². The first-order valence-electron chi connectivity index (χ1n) is 10.5. The number of hydrogen-bond acceptors (Lipinski definition) is 5. The molecule has 3 aromatic carbocycles. The van der Waals surface area contributed by atoms with E-state index in [1.807, 2.05) is 86.7 Å². The van der Waals surface area contributed by atoms with Crippen LogP contribution >= 0.6 is 0 Å². The van der Waals surface area contributed by atoms with E-state index < -0.39 is 0 Å². The molecule has 5 nitrogen and oxygen atoms in total. The fourth-order valence-electron chi connectivity index (χ4n) is 3.73. The Hall–Kier alpha value is -3.86. The van der Waals surface area contributed by atoms with Crippen molar-refractivity contribution in [3.8, 4) is 5.75 Å². The standard InChI is InChI=1S/C27H23NO4/c1-27(2)17-31-25(28-27)13-9-18-8-11-21-22-12-10-20(30-16-19-6-4-3-5-7-19)15-24(22)32-26(29)23(21)14-18/h3-15H,16-17H2,1-2H3/b13-9+. The molecule has 0 N–H and O–H groups in total. The van der Waals surface area contributed by atoms with E-state index in [2.05, 4.69) is 4.99 Å². The van der Waals surface area contributed by atoms with Crippen LogP contribution in [0.1, 0.15) is 25.0 Å². The van der Waals surface area contributed by atoms with Gasteiger partial charge in [-0.1, -0.05) is 42.5 Å². The molecule has 5 heteroatoms. The van der Waals surface area contributed by atoms with Crippen LogP contribution in [0.3, 0.4) is 0 Å². The van der Waals surface area contributed by atoms with E-state index in [9.17, 15) is 4.79 Å². The van der Waals surface area contributed by atoms with Crippen LogP contribution in [0.5, 0.6) is 5.75 Å². The van der Waals surface area contributed by atoms with Crippen molar-refractivity contribution in [2.45, 2.75) is 26.0 Å². The Morgan fingerprint density at radius 3 is 2.56 bits per heavy atom. The molecule has 0 saturated heterocycles. The van der Waals surface area contributed by atoms with E-state index in [1.165, 1.54) is 0 Å². The maximum absolute atomic E-state index is 12.7.